The number of ether oxygens (including phenoxy) is 3. The van der Waals surface area contributed by atoms with E-state index in [1.807, 2.05) is 6.07 Å². The number of hydrogen-bond acceptors (Lipinski definition) is 7. The van der Waals surface area contributed by atoms with Crippen LogP contribution in [0.25, 0.3) is 0 Å². The van der Waals surface area contributed by atoms with Gasteiger partial charge in [0.15, 0.2) is 6.61 Å². The van der Waals surface area contributed by atoms with Crippen molar-refractivity contribution in [1.29, 1.82) is 0 Å². The molecule has 0 radical (unpaired) electrons. The van der Waals surface area contributed by atoms with E-state index in [0.717, 1.165) is 11.3 Å². The van der Waals surface area contributed by atoms with E-state index in [-0.39, 0.29) is 34.3 Å². The van der Waals surface area contributed by atoms with Gasteiger partial charge in [-0.2, -0.15) is 0 Å². The van der Waals surface area contributed by atoms with Crippen LogP contribution in [0.15, 0.2) is 30.3 Å². The van der Waals surface area contributed by atoms with Gasteiger partial charge in [-0.25, -0.2) is 9.59 Å². The van der Waals surface area contributed by atoms with E-state index in [9.17, 15) is 14.4 Å². The molecule has 7 nitrogen and oxygen atoms in total. The van der Waals surface area contributed by atoms with E-state index in [4.69, 9.17) is 14.2 Å². The molecule has 2 rings (SSSR count). The van der Waals surface area contributed by atoms with E-state index in [1.54, 1.807) is 58.9 Å². The maximum Gasteiger partial charge on any atom is 0.348 e. The number of hydrogen-bond donors (Lipinski definition) is 1. The number of para-hydroxylation sites is 1. The summed E-state index contributed by atoms with van der Waals surface area (Å²) in [6.45, 7) is 8.29. The molecule has 29 heavy (non-hydrogen) atoms. The van der Waals surface area contributed by atoms with E-state index in [0.29, 0.717) is 11.3 Å². The average Bonchev–Trinajstić information content (AvgIpc) is 2.96. The van der Waals surface area contributed by atoms with Crippen LogP contribution in [0.3, 0.4) is 0 Å². The molecule has 0 aliphatic rings. The summed E-state index contributed by atoms with van der Waals surface area (Å²) in [5.41, 5.74) is 0.554. The van der Waals surface area contributed by atoms with Crippen molar-refractivity contribution < 1.29 is 28.6 Å². The lowest BCUT2D eigenvalue weighted by atomic mass is 10.1. The fraction of sp³-hybridized carbons (Fsp3) is 0.381. The summed E-state index contributed by atoms with van der Waals surface area (Å²) in [6, 6.07) is 8.89. The maximum absolute atomic E-state index is 12.6. The van der Waals surface area contributed by atoms with Crippen molar-refractivity contribution in [3.63, 3.8) is 0 Å². The topological polar surface area (TPSA) is 90.9 Å². The van der Waals surface area contributed by atoms with Crippen molar-refractivity contribution in [2.24, 2.45) is 0 Å². The minimum Gasteiger partial charge on any atom is -0.484 e. The number of carbonyl (C=O) groups is 3. The van der Waals surface area contributed by atoms with Crippen LogP contribution in [0, 0.1) is 6.92 Å². The highest BCUT2D eigenvalue weighted by atomic mass is 32.1. The van der Waals surface area contributed by atoms with Crippen LogP contribution in [0.2, 0.25) is 0 Å². The van der Waals surface area contributed by atoms with Crippen molar-refractivity contribution >= 4 is 34.2 Å². The highest BCUT2D eigenvalue weighted by molar-refractivity contribution is 7.18. The third kappa shape index (κ3) is 6.32. The van der Waals surface area contributed by atoms with Crippen LogP contribution in [0.4, 0.5) is 5.00 Å². The van der Waals surface area contributed by atoms with Crippen LogP contribution in [0.5, 0.6) is 5.75 Å². The molecule has 0 fully saturated rings. The van der Waals surface area contributed by atoms with Crippen molar-refractivity contribution in [3.8, 4) is 5.75 Å². The molecular weight excluding hydrogens is 394 g/mol. The molecule has 1 amide bonds. The number of nitrogens with one attached hydrogen (secondary N) is 1. The van der Waals surface area contributed by atoms with Gasteiger partial charge in [0.1, 0.15) is 15.6 Å². The Morgan fingerprint density at radius 1 is 0.966 bits per heavy atom. The smallest absolute Gasteiger partial charge is 0.348 e. The summed E-state index contributed by atoms with van der Waals surface area (Å²) in [7, 11) is 0. The molecule has 1 aromatic heterocycles. The molecular formula is C21H25NO6S. The summed E-state index contributed by atoms with van der Waals surface area (Å²) in [4.78, 5) is 37.5. The number of anilines is 1. The summed E-state index contributed by atoms with van der Waals surface area (Å²) in [5.74, 6) is -1.08. The second-order valence-electron chi connectivity index (χ2n) is 6.82. The monoisotopic (exact) mass is 419 g/mol. The minimum absolute atomic E-state index is 0.146. The molecule has 1 aromatic carbocycles. The number of thiophene rings is 1. The second kappa shape index (κ2) is 10.1. The first-order chi connectivity index (χ1) is 13.7. The summed E-state index contributed by atoms with van der Waals surface area (Å²) < 4.78 is 15.9. The molecule has 0 aliphatic carbocycles. The molecule has 1 N–H and O–H groups in total. The van der Waals surface area contributed by atoms with Gasteiger partial charge in [-0.15, -0.1) is 11.3 Å². The van der Waals surface area contributed by atoms with Gasteiger partial charge in [0.25, 0.3) is 5.91 Å². The Balaban J connectivity index is 2.24. The summed E-state index contributed by atoms with van der Waals surface area (Å²) in [6.07, 6.45) is -0.662. The predicted octanol–water partition coefficient (Wildman–Crippen LogP) is 4.20. The zero-order valence-corrected chi connectivity index (χ0v) is 17.9. The Hall–Kier alpha value is -2.87. The largest absolute Gasteiger partial charge is 0.484 e. The molecule has 0 saturated carbocycles. The standard InChI is InChI=1S/C21H25NO6S/c1-12(2)27-20(24)17-14(5)18(21(25)28-13(3)4)29-19(17)22-16(23)11-26-15-9-7-6-8-10-15/h6-10,12-13H,11H2,1-5H3,(H,22,23). The van der Waals surface area contributed by atoms with Crippen molar-refractivity contribution in [2.45, 2.75) is 46.8 Å². The van der Waals surface area contributed by atoms with Gasteiger partial charge in [-0.1, -0.05) is 18.2 Å². The number of esters is 2. The molecule has 0 atom stereocenters. The minimum atomic E-state index is -0.614. The SMILES string of the molecule is Cc1c(C(=O)OC(C)C)sc(NC(=O)COc2ccccc2)c1C(=O)OC(C)C. The Bertz CT molecular complexity index is 873. The zero-order chi connectivity index (χ0) is 21.6. The molecule has 8 heteroatoms. The predicted molar refractivity (Wildman–Crippen MR) is 111 cm³/mol. The lowest BCUT2D eigenvalue weighted by molar-refractivity contribution is -0.118. The Morgan fingerprint density at radius 2 is 1.55 bits per heavy atom. The fourth-order valence-electron chi connectivity index (χ4n) is 2.41. The maximum atomic E-state index is 12.6. The number of rotatable bonds is 8. The summed E-state index contributed by atoms with van der Waals surface area (Å²) >= 11 is 0.979. The quantitative estimate of drug-likeness (QED) is 0.645. The van der Waals surface area contributed by atoms with Crippen molar-refractivity contribution in [3.05, 3.63) is 46.3 Å². The van der Waals surface area contributed by atoms with E-state index >= 15 is 0 Å². The normalized spacial score (nSPS) is 10.7. The van der Waals surface area contributed by atoms with Crippen LogP contribution >= 0.6 is 11.3 Å². The van der Waals surface area contributed by atoms with Crippen molar-refractivity contribution in [1.82, 2.24) is 0 Å². The first kappa shape index (κ1) is 22.4. The highest BCUT2D eigenvalue weighted by Gasteiger charge is 2.28. The van der Waals surface area contributed by atoms with Crippen LogP contribution in [-0.4, -0.2) is 36.7 Å². The highest BCUT2D eigenvalue weighted by Crippen LogP contribution is 2.34. The number of benzene rings is 1. The zero-order valence-electron chi connectivity index (χ0n) is 17.1. The van der Waals surface area contributed by atoms with E-state index in [1.165, 1.54) is 0 Å². The molecule has 1 heterocycles. The first-order valence-electron chi connectivity index (χ1n) is 9.22. The van der Waals surface area contributed by atoms with Crippen LogP contribution < -0.4 is 10.1 Å². The molecule has 0 spiro atoms. The van der Waals surface area contributed by atoms with Crippen LogP contribution in [-0.2, 0) is 14.3 Å². The van der Waals surface area contributed by atoms with E-state index in [2.05, 4.69) is 5.32 Å². The van der Waals surface area contributed by atoms with E-state index < -0.39 is 17.8 Å². The molecule has 156 valence electrons. The Labute approximate surface area is 174 Å². The Kier molecular flexibility index (Phi) is 7.78. The third-order valence-corrected chi connectivity index (χ3v) is 4.78. The van der Waals surface area contributed by atoms with Gasteiger partial charge in [0.05, 0.1) is 17.8 Å². The van der Waals surface area contributed by atoms with Gasteiger partial charge >= 0.3 is 11.9 Å². The number of carbonyl (C=O) groups excluding carboxylic acids is 3. The van der Waals surface area contributed by atoms with Crippen molar-refractivity contribution in [2.75, 3.05) is 11.9 Å². The van der Waals surface area contributed by atoms with Gasteiger partial charge in [-0.05, 0) is 52.3 Å². The number of amides is 1. The average molecular weight is 419 g/mol. The lowest BCUT2D eigenvalue weighted by Crippen LogP contribution is -2.21. The van der Waals surface area contributed by atoms with Crippen LogP contribution in [0.1, 0.15) is 53.3 Å². The molecule has 0 unspecified atom stereocenters. The fourth-order valence-corrected chi connectivity index (χ4v) is 3.51. The van der Waals surface area contributed by atoms with Gasteiger partial charge in [0, 0.05) is 0 Å². The second-order valence-corrected chi connectivity index (χ2v) is 7.84. The molecule has 0 saturated heterocycles. The molecule has 0 bridgehead atoms. The third-order valence-electron chi connectivity index (χ3n) is 3.59. The lowest BCUT2D eigenvalue weighted by Gasteiger charge is -2.11. The Morgan fingerprint density at radius 3 is 2.14 bits per heavy atom. The van der Waals surface area contributed by atoms with Gasteiger partial charge in [0.2, 0.25) is 0 Å². The molecule has 2 aromatic rings. The van der Waals surface area contributed by atoms with Gasteiger partial charge in [-0.3, -0.25) is 4.79 Å². The van der Waals surface area contributed by atoms with Gasteiger partial charge < -0.3 is 19.5 Å². The summed E-state index contributed by atoms with van der Waals surface area (Å²) in [5, 5.41) is 2.88. The first-order valence-corrected chi connectivity index (χ1v) is 10.0. The molecule has 0 aliphatic heterocycles.